The van der Waals surface area contributed by atoms with Crippen molar-refractivity contribution >= 4 is 5.91 Å². The van der Waals surface area contributed by atoms with E-state index >= 15 is 0 Å². The highest BCUT2D eigenvalue weighted by atomic mass is 16.1. The number of hydrogen-bond donors (Lipinski definition) is 1. The highest BCUT2D eigenvalue weighted by molar-refractivity contribution is 5.77. The monoisotopic (exact) mass is 271 g/mol. The van der Waals surface area contributed by atoms with Crippen molar-refractivity contribution in [3.05, 3.63) is 47.6 Å². The van der Waals surface area contributed by atoms with Gasteiger partial charge in [0.2, 0.25) is 5.91 Å². The van der Waals surface area contributed by atoms with Crippen LogP contribution in [-0.2, 0) is 17.6 Å². The van der Waals surface area contributed by atoms with E-state index in [1.807, 2.05) is 19.9 Å². The molecule has 0 spiro atoms. The molecule has 0 unspecified atom stereocenters. The van der Waals surface area contributed by atoms with Gasteiger partial charge in [0.25, 0.3) is 0 Å². The summed E-state index contributed by atoms with van der Waals surface area (Å²) in [4.78, 5) is 28.4. The number of hydrogen-bond acceptors (Lipinski definition) is 5. The van der Waals surface area contributed by atoms with E-state index in [2.05, 4.69) is 25.3 Å². The van der Waals surface area contributed by atoms with Crippen LogP contribution in [0.3, 0.4) is 0 Å². The summed E-state index contributed by atoms with van der Waals surface area (Å²) in [5.74, 6) is 0.678. The summed E-state index contributed by atoms with van der Waals surface area (Å²) in [5, 5.41) is 2.83. The largest absolute Gasteiger partial charge is 0.355 e. The van der Waals surface area contributed by atoms with Gasteiger partial charge in [-0.2, -0.15) is 0 Å². The molecule has 0 aliphatic rings. The minimum absolute atomic E-state index is 0.0742. The Kier molecular flexibility index (Phi) is 4.70. The smallest absolute Gasteiger partial charge is 0.226 e. The average molecular weight is 271 g/mol. The summed E-state index contributed by atoms with van der Waals surface area (Å²) in [6, 6.07) is 1.93. The third-order valence-corrected chi connectivity index (χ3v) is 2.66. The molecule has 2 aromatic heterocycles. The van der Waals surface area contributed by atoms with Crippen LogP contribution in [0.2, 0.25) is 0 Å². The third-order valence-electron chi connectivity index (χ3n) is 2.66. The molecule has 0 saturated heterocycles. The van der Waals surface area contributed by atoms with Crippen LogP contribution in [0, 0.1) is 13.8 Å². The van der Waals surface area contributed by atoms with Crippen molar-refractivity contribution in [1.82, 2.24) is 25.3 Å². The van der Waals surface area contributed by atoms with Crippen LogP contribution >= 0.6 is 0 Å². The Balaban J connectivity index is 1.79. The van der Waals surface area contributed by atoms with Crippen LogP contribution < -0.4 is 5.32 Å². The zero-order chi connectivity index (χ0) is 14.4. The molecule has 20 heavy (non-hydrogen) atoms. The summed E-state index contributed by atoms with van der Waals surface area (Å²) in [6.07, 6.45) is 5.60. The number of rotatable bonds is 5. The molecule has 1 amide bonds. The van der Waals surface area contributed by atoms with Gasteiger partial charge in [0.05, 0.1) is 12.1 Å². The molecule has 2 rings (SSSR count). The lowest BCUT2D eigenvalue weighted by Gasteiger charge is -2.05. The molecule has 2 aromatic rings. The summed E-state index contributed by atoms with van der Waals surface area (Å²) in [7, 11) is 0. The molecule has 6 heteroatoms. The standard InChI is InChI=1S/C14H17N5O/c1-10-7-11(2)19-13(18-10)3-4-17-14(20)8-12-9-15-5-6-16-12/h5-7,9H,3-4,8H2,1-2H3,(H,17,20). The Labute approximate surface area is 117 Å². The van der Waals surface area contributed by atoms with E-state index in [1.54, 1.807) is 18.6 Å². The summed E-state index contributed by atoms with van der Waals surface area (Å²) >= 11 is 0. The molecule has 0 aliphatic heterocycles. The van der Waals surface area contributed by atoms with E-state index in [0.717, 1.165) is 17.2 Å². The molecule has 0 fully saturated rings. The Hall–Kier alpha value is -2.37. The van der Waals surface area contributed by atoms with Crippen molar-refractivity contribution in [3.8, 4) is 0 Å². The minimum atomic E-state index is -0.0742. The van der Waals surface area contributed by atoms with E-state index in [0.29, 0.717) is 18.7 Å². The van der Waals surface area contributed by atoms with Crippen LogP contribution in [0.15, 0.2) is 24.7 Å². The quantitative estimate of drug-likeness (QED) is 0.869. The van der Waals surface area contributed by atoms with E-state index in [4.69, 9.17) is 0 Å². The maximum atomic E-state index is 11.7. The molecule has 0 atom stereocenters. The normalized spacial score (nSPS) is 10.3. The van der Waals surface area contributed by atoms with Gasteiger partial charge in [0.15, 0.2) is 0 Å². The van der Waals surface area contributed by atoms with Gasteiger partial charge in [-0.3, -0.25) is 14.8 Å². The van der Waals surface area contributed by atoms with Crippen LogP contribution in [-0.4, -0.2) is 32.4 Å². The van der Waals surface area contributed by atoms with Crippen molar-refractivity contribution < 1.29 is 4.79 Å². The highest BCUT2D eigenvalue weighted by Gasteiger charge is 2.05. The van der Waals surface area contributed by atoms with E-state index in [-0.39, 0.29) is 12.3 Å². The van der Waals surface area contributed by atoms with Crippen molar-refractivity contribution in [2.24, 2.45) is 0 Å². The van der Waals surface area contributed by atoms with E-state index < -0.39 is 0 Å². The predicted octanol–water partition coefficient (Wildman–Crippen LogP) is 0.785. The number of amides is 1. The Morgan fingerprint density at radius 2 is 1.95 bits per heavy atom. The molecule has 104 valence electrons. The van der Waals surface area contributed by atoms with Crippen molar-refractivity contribution in [3.63, 3.8) is 0 Å². The van der Waals surface area contributed by atoms with Crippen LogP contribution in [0.4, 0.5) is 0 Å². The maximum Gasteiger partial charge on any atom is 0.226 e. The first kappa shape index (κ1) is 14.0. The molecule has 0 saturated carbocycles. The average Bonchev–Trinajstić information content (AvgIpc) is 2.38. The Morgan fingerprint density at radius 1 is 1.20 bits per heavy atom. The van der Waals surface area contributed by atoms with Gasteiger partial charge in [0.1, 0.15) is 5.82 Å². The summed E-state index contributed by atoms with van der Waals surface area (Å²) < 4.78 is 0. The number of aryl methyl sites for hydroxylation is 2. The Bertz CT molecular complexity index is 565. The minimum Gasteiger partial charge on any atom is -0.355 e. The van der Waals surface area contributed by atoms with Crippen LogP contribution in [0.25, 0.3) is 0 Å². The molecular weight excluding hydrogens is 254 g/mol. The van der Waals surface area contributed by atoms with Crippen LogP contribution in [0.5, 0.6) is 0 Å². The summed E-state index contributed by atoms with van der Waals surface area (Å²) in [5.41, 5.74) is 2.55. The van der Waals surface area contributed by atoms with Crippen molar-refractivity contribution in [1.29, 1.82) is 0 Å². The number of carbonyl (C=O) groups excluding carboxylic acids is 1. The lowest BCUT2D eigenvalue weighted by Crippen LogP contribution is -2.28. The highest BCUT2D eigenvalue weighted by Crippen LogP contribution is 1.99. The van der Waals surface area contributed by atoms with Gasteiger partial charge in [-0.15, -0.1) is 0 Å². The second-order valence-corrected chi connectivity index (χ2v) is 4.54. The lowest BCUT2D eigenvalue weighted by molar-refractivity contribution is -0.120. The van der Waals surface area contributed by atoms with E-state index in [9.17, 15) is 4.79 Å². The van der Waals surface area contributed by atoms with E-state index in [1.165, 1.54) is 0 Å². The lowest BCUT2D eigenvalue weighted by atomic mass is 10.3. The fourth-order valence-corrected chi connectivity index (χ4v) is 1.87. The van der Waals surface area contributed by atoms with Gasteiger partial charge in [0, 0.05) is 42.9 Å². The Morgan fingerprint density at radius 3 is 2.60 bits per heavy atom. The summed E-state index contributed by atoms with van der Waals surface area (Å²) in [6.45, 7) is 4.39. The molecule has 2 heterocycles. The molecule has 0 radical (unpaired) electrons. The first-order chi connectivity index (χ1) is 9.63. The molecule has 0 aromatic carbocycles. The molecule has 6 nitrogen and oxygen atoms in total. The first-order valence-electron chi connectivity index (χ1n) is 6.46. The maximum absolute atomic E-state index is 11.7. The number of carbonyl (C=O) groups is 1. The van der Waals surface area contributed by atoms with Crippen molar-refractivity contribution in [2.75, 3.05) is 6.54 Å². The first-order valence-corrected chi connectivity index (χ1v) is 6.46. The van der Waals surface area contributed by atoms with Crippen molar-refractivity contribution in [2.45, 2.75) is 26.7 Å². The fourth-order valence-electron chi connectivity index (χ4n) is 1.87. The predicted molar refractivity (Wildman–Crippen MR) is 74.0 cm³/mol. The third kappa shape index (κ3) is 4.38. The van der Waals surface area contributed by atoms with Gasteiger partial charge < -0.3 is 5.32 Å². The van der Waals surface area contributed by atoms with Gasteiger partial charge >= 0.3 is 0 Å². The van der Waals surface area contributed by atoms with Crippen LogP contribution in [0.1, 0.15) is 22.9 Å². The second kappa shape index (κ2) is 6.70. The zero-order valence-corrected chi connectivity index (χ0v) is 11.6. The second-order valence-electron chi connectivity index (χ2n) is 4.54. The topological polar surface area (TPSA) is 80.7 Å². The SMILES string of the molecule is Cc1cc(C)nc(CCNC(=O)Cc2cnccn2)n1. The number of nitrogens with one attached hydrogen (secondary N) is 1. The molecule has 0 aliphatic carbocycles. The number of aromatic nitrogens is 4. The molecular formula is C14H17N5O. The number of nitrogens with zero attached hydrogens (tertiary/aromatic N) is 4. The zero-order valence-electron chi connectivity index (χ0n) is 11.6. The van der Waals surface area contributed by atoms with Gasteiger partial charge in [-0.25, -0.2) is 9.97 Å². The van der Waals surface area contributed by atoms with Gasteiger partial charge in [-0.1, -0.05) is 0 Å². The van der Waals surface area contributed by atoms with Gasteiger partial charge in [-0.05, 0) is 19.9 Å². The molecule has 1 N–H and O–H groups in total. The fraction of sp³-hybridized carbons (Fsp3) is 0.357. The molecule has 0 bridgehead atoms.